The SMILES string of the molecule is COC1(c2ccc(B3OC(C)(C)C(C)(C)O3)cc2)CCN(C(C)C)CC1.COC1(c2ccc(B3OC(C)(C)C(C)(C)O3)cc2)CCNCC1. The summed E-state index contributed by atoms with van der Waals surface area (Å²) in [5, 5.41) is 3.40. The number of hydrogen-bond acceptors (Lipinski definition) is 8. The molecule has 270 valence electrons. The molecule has 6 rings (SSSR count). The van der Waals surface area contributed by atoms with E-state index in [1.54, 1.807) is 0 Å². The van der Waals surface area contributed by atoms with E-state index in [4.69, 9.17) is 28.1 Å². The molecule has 4 aliphatic heterocycles. The Morgan fingerprint density at radius 1 is 0.571 bits per heavy atom. The highest BCUT2D eigenvalue weighted by Crippen LogP contribution is 2.40. The predicted octanol–water partition coefficient (Wildman–Crippen LogP) is 5.54. The van der Waals surface area contributed by atoms with E-state index in [-0.39, 0.29) is 47.8 Å². The summed E-state index contributed by atoms with van der Waals surface area (Å²) >= 11 is 0. The predicted molar refractivity (Wildman–Crippen MR) is 200 cm³/mol. The summed E-state index contributed by atoms with van der Waals surface area (Å²) in [6, 6.07) is 17.8. The van der Waals surface area contributed by atoms with Gasteiger partial charge < -0.3 is 38.3 Å². The molecular weight excluding hydrogens is 614 g/mol. The fourth-order valence-corrected chi connectivity index (χ4v) is 7.30. The maximum atomic E-state index is 6.17. The molecule has 2 aromatic carbocycles. The quantitative estimate of drug-likeness (QED) is 0.384. The molecule has 0 saturated carbocycles. The van der Waals surface area contributed by atoms with Crippen LogP contribution < -0.4 is 16.2 Å². The van der Waals surface area contributed by atoms with E-state index < -0.39 is 0 Å². The van der Waals surface area contributed by atoms with Gasteiger partial charge in [0, 0.05) is 33.4 Å². The second-order valence-electron chi connectivity index (χ2n) is 16.7. The third kappa shape index (κ3) is 7.73. The van der Waals surface area contributed by atoms with Gasteiger partial charge in [0.05, 0.1) is 33.6 Å². The van der Waals surface area contributed by atoms with Crippen molar-refractivity contribution in [1.29, 1.82) is 0 Å². The van der Waals surface area contributed by atoms with E-state index in [1.807, 2.05) is 14.2 Å². The van der Waals surface area contributed by atoms with Crippen molar-refractivity contribution in [3.8, 4) is 0 Å². The van der Waals surface area contributed by atoms with Crippen LogP contribution >= 0.6 is 0 Å². The Labute approximate surface area is 297 Å². The molecule has 0 aromatic heterocycles. The fraction of sp³-hybridized carbons (Fsp3) is 0.692. The topological polar surface area (TPSA) is 70.7 Å². The van der Waals surface area contributed by atoms with Gasteiger partial charge in [-0.25, -0.2) is 0 Å². The monoisotopic (exact) mass is 676 g/mol. The lowest BCUT2D eigenvalue weighted by Gasteiger charge is -2.42. The third-order valence-electron chi connectivity index (χ3n) is 12.5. The summed E-state index contributed by atoms with van der Waals surface area (Å²) in [7, 11) is 3.04. The molecule has 0 bridgehead atoms. The lowest BCUT2D eigenvalue weighted by atomic mass is 9.76. The van der Waals surface area contributed by atoms with Gasteiger partial charge in [-0.3, -0.25) is 0 Å². The summed E-state index contributed by atoms with van der Waals surface area (Å²) < 4.78 is 36.5. The van der Waals surface area contributed by atoms with Crippen LogP contribution in [0.1, 0.15) is 106 Å². The van der Waals surface area contributed by atoms with Gasteiger partial charge in [-0.1, -0.05) is 48.5 Å². The minimum Gasteiger partial charge on any atom is -0.399 e. The Kier molecular flexibility index (Phi) is 11.3. The van der Waals surface area contributed by atoms with Crippen LogP contribution in [0, 0.1) is 0 Å². The first kappa shape index (κ1) is 38.5. The lowest BCUT2D eigenvalue weighted by molar-refractivity contribution is -0.0669. The summed E-state index contributed by atoms with van der Waals surface area (Å²) in [5.41, 5.74) is 3.04. The van der Waals surface area contributed by atoms with Crippen molar-refractivity contribution in [2.75, 3.05) is 40.4 Å². The van der Waals surface area contributed by atoms with Crippen molar-refractivity contribution in [3.05, 3.63) is 59.7 Å². The maximum absolute atomic E-state index is 6.17. The fourth-order valence-electron chi connectivity index (χ4n) is 7.30. The molecule has 1 N–H and O–H groups in total. The minimum absolute atomic E-state index is 0.167. The molecular formula is C39H62B2N2O6. The van der Waals surface area contributed by atoms with E-state index in [9.17, 15) is 0 Å². The van der Waals surface area contributed by atoms with Crippen molar-refractivity contribution in [2.24, 2.45) is 0 Å². The molecule has 0 aliphatic carbocycles. The highest BCUT2D eigenvalue weighted by Gasteiger charge is 2.53. The highest BCUT2D eigenvalue weighted by atomic mass is 16.7. The van der Waals surface area contributed by atoms with Crippen molar-refractivity contribution in [3.63, 3.8) is 0 Å². The molecule has 4 saturated heterocycles. The second-order valence-corrected chi connectivity index (χ2v) is 16.7. The Morgan fingerprint density at radius 2 is 0.898 bits per heavy atom. The molecule has 4 fully saturated rings. The average molecular weight is 677 g/mol. The van der Waals surface area contributed by atoms with Crippen molar-refractivity contribution >= 4 is 25.2 Å². The maximum Gasteiger partial charge on any atom is 0.494 e. The zero-order valence-electron chi connectivity index (χ0n) is 32.4. The summed E-state index contributed by atoms with van der Waals surface area (Å²) in [5.74, 6) is 0. The van der Waals surface area contributed by atoms with Crippen LogP contribution in [-0.2, 0) is 39.3 Å². The van der Waals surface area contributed by atoms with E-state index >= 15 is 0 Å². The van der Waals surface area contributed by atoms with Crippen LogP contribution in [-0.4, -0.2) is 88.0 Å². The van der Waals surface area contributed by atoms with Crippen LogP contribution in [0.15, 0.2) is 48.5 Å². The van der Waals surface area contributed by atoms with Gasteiger partial charge in [-0.05, 0) is 130 Å². The Morgan fingerprint density at radius 3 is 1.20 bits per heavy atom. The number of piperidine rings is 2. The number of likely N-dealkylation sites (tertiary alicyclic amines) is 1. The van der Waals surface area contributed by atoms with Crippen molar-refractivity contribution in [1.82, 2.24) is 10.2 Å². The van der Waals surface area contributed by atoms with Gasteiger partial charge >= 0.3 is 14.2 Å². The smallest absolute Gasteiger partial charge is 0.399 e. The van der Waals surface area contributed by atoms with Crippen LogP contribution in [0.5, 0.6) is 0 Å². The van der Waals surface area contributed by atoms with Gasteiger partial charge in [0.15, 0.2) is 0 Å². The number of nitrogens with one attached hydrogen (secondary N) is 1. The normalized spacial score (nSPS) is 25.2. The van der Waals surface area contributed by atoms with Crippen LogP contribution in [0.3, 0.4) is 0 Å². The number of hydrogen-bond donors (Lipinski definition) is 1. The van der Waals surface area contributed by atoms with Gasteiger partial charge in [0.1, 0.15) is 0 Å². The Balaban J connectivity index is 0.000000192. The Bertz CT molecular complexity index is 1350. The summed E-state index contributed by atoms with van der Waals surface area (Å²) in [6.07, 6.45) is 4.05. The molecule has 0 atom stereocenters. The number of nitrogens with zero attached hydrogens (tertiary/aromatic N) is 1. The molecule has 10 heteroatoms. The molecule has 0 spiro atoms. The van der Waals surface area contributed by atoms with E-state index in [0.717, 1.165) is 62.8 Å². The first-order chi connectivity index (χ1) is 22.9. The van der Waals surface area contributed by atoms with E-state index in [0.29, 0.717) is 6.04 Å². The molecule has 2 aromatic rings. The van der Waals surface area contributed by atoms with Crippen molar-refractivity contribution < 1.29 is 28.1 Å². The zero-order chi connectivity index (χ0) is 35.9. The summed E-state index contributed by atoms with van der Waals surface area (Å²) in [6.45, 7) is 25.3. The lowest BCUT2D eigenvalue weighted by Crippen LogP contribution is -2.46. The first-order valence-corrected chi connectivity index (χ1v) is 18.4. The molecule has 8 nitrogen and oxygen atoms in total. The second kappa shape index (κ2) is 14.3. The number of methoxy groups -OCH3 is 2. The van der Waals surface area contributed by atoms with Gasteiger partial charge in [-0.2, -0.15) is 0 Å². The first-order valence-electron chi connectivity index (χ1n) is 18.4. The molecule has 4 heterocycles. The highest BCUT2D eigenvalue weighted by molar-refractivity contribution is 6.62. The minimum atomic E-state index is -0.312. The van der Waals surface area contributed by atoms with Gasteiger partial charge in [0.25, 0.3) is 0 Å². The molecule has 4 aliphatic rings. The standard InChI is InChI=1S/C21H34BNO3.C18H28BNO3/c1-16(2)23-14-12-21(24-7,13-15-23)17-8-10-18(11-9-17)22-25-19(3,4)20(5,6)26-22;1-16(2)17(3,4)23-19(22-16)15-8-6-14(7-9-15)18(21-5)10-12-20-13-11-18/h8-11,16H,12-15H2,1-7H3;6-9,20H,10-13H2,1-5H3. The third-order valence-corrected chi connectivity index (χ3v) is 12.5. The number of rotatable bonds is 7. The van der Waals surface area contributed by atoms with Crippen LogP contribution in [0.25, 0.3) is 0 Å². The summed E-state index contributed by atoms with van der Waals surface area (Å²) in [4.78, 5) is 2.52. The van der Waals surface area contributed by atoms with Crippen LogP contribution in [0.2, 0.25) is 0 Å². The molecule has 0 amide bonds. The van der Waals surface area contributed by atoms with Gasteiger partial charge in [-0.15, -0.1) is 0 Å². The molecule has 0 radical (unpaired) electrons. The number of benzene rings is 2. The number of ether oxygens (including phenoxy) is 2. The van der Waals surface area contributed by atoms with Gasteiger partial charge in [0.2, 0.25) is 0 Å². The van der Waals surface area contributed by atoms with Crippen molar-refractivity contribution in [2.45, 2.75) is 135 Å². The Hall–Kier alpha value is -1.75. The largest absolute Gasteiger partial charge is 0.494 e. The van der Waals surface area contributed by atoms with E-state index in [2.05, 4.69) is 128 Å². The van der Waals surface area contributed by atoms with E-state index in [1.165, 1.54) is 11.1 Å². The molecule has 49 heavy (non-hydrogen) atoms. The van der Waals surface area contributed by atoms with Crippen LogP contribution in [0.4, 0.5) is 0 Å². The average Bonchev–Trinajstić information content (AvgIpc) is 3.44. The zero-order valence-corrected chi connectivity index (χ0v) is 32.4. The molecule has 0 unspecified atom stereocenters.